The molecule has 0 aromatic rings. The third-order valence-electron chi connectivity index (χ3n) is 4.65. The van der Waals surface area contributed by atoms with Crippen molar-refractivity contribution >= 4 is 11.8 Å². The van der Waals surface area contributed by atoms with E-state index in [0.717, 1.165) is 13.0 Å². The van der Waals surface area contributed by atoms with Crippen molar-refractivity contribution in [2.45, 2.75) is 47.5 Å². The molecule has 5 heteroatoms. The van der Waals surface area contributed by atoms with Crippen molar-refractivity contribution in [2.24, 2.45) is 16.7 Å². The molecule has 1 radical (unpaired) electrons. The minimum absolute atomic E-state index is 0. The molecule has 0 saturated carbocycles. The summed E-state index contributed by atoms with van der Waals surface area (Å²) in [5, 5.41) is 3.46. The largest absolute Gasteiger partial charge is 0.596 e. The predicted octanol–water partition coefficient (Wildman–Crippen LogP) is 3.03. The number of hydrogen-bond donors (Lipinski definition) is 0. The first-order chi connectivity index (χ1) is 9.06. The fraction of sp³-hybridized carbons (Fsp3) is 0.812. The van der Waals surface area contributed by atoms with Crippen LogP contribution in [0.25, 0.3) is 5.32 Å². The number of carbonyl (C=O) groups excluding carboxylic acids is 2. The molecular formula is C16H28N2O2Y-2. The molecule has 2 rings (SSSR count). The summed E-state index contributed by atoms with van der Waals surface area (Å²) in [6.07, 6.45) is 1.04. The van der Waals surface area contributed by atoms with Gasteiger partial charge in [-0.1, -0.05) is 34.6 Å². The topological polar surface area (TPSA) is 51.2 Å². The maximum Gasteiger partial charge on any atom is 0.0600 e. The molecule has 1 atom stereocenters. The normalized spacial score (nSPS) is 22.1. The second-order valence-electron chi connectivity index (χ2n) is 7.42. The van der Waals surface area contributed by atoms with Gasteiger partial charge in [0.15, 0.2) is 0 Å². The van der Waals surface area contributed by atoms with E-state index in [1.54, 1.807) is 0 Å². The summed E-state index contributed by atoms with van der Waals surface area (Å²) >= 11 is 0. The smallest absolute Gasteiger partial charge is 0.0600 e. The van der Waals surface area contributed by atoms with Gasteiger partial charge in [0.25, 0.3) is 0 Å². The zero-order chi connectivity index (χ0) is 15.6. The summed E-state index contributed by atoms with van der Waals surface area (Å²) in [5.74, 6) is -0.668. The van der Waals surface area contributed by atoms with Crippen LogP contribution < -0.4 is 0 Å². The van der Waals surface area contributed by atoms with Crippen molar-refractivity contribution in [1.82, 2.24) is 4.90 Å². The van der Waals surface area contributed by atoms with Gasteiger partial charge in [-0.15, -0.1) is 6.54 Å². The Kier molecular flexibility index (Phi) is 8.25. The maximum atomic E-state index is 11.4. The number of imide groups is 1. The first kappa shape index (κ1) is 21.2. The van der Waals surface area contributed by atoms with E-state index in [4.69, 9.17) is 0 Å². The summed E-state index contributed by atoms with van der Waals surface area (Å²) < 4.78 is 0. The second-order valence-corrected chi connectivity index (χ2v) is 7.42. The predicted molar refractivity (Wildman–Crippen MR) is 81.1 cm³/mol. The van der Waals surface area contributed by atoms with Gasteiger partial charge >= 0.3 is 0 Å². The molecule has 2 fully saturated rings. The summed E-state index contributed by atoms with van der Waals surface area (Å²) in [5.41, 5.74) is 0.159. The number of carbonyl (C=O) groups is 2. The van der Waals surface area contributed by atoms with Crippen molar-refractivity contribution in [2.75, 3.05) is 19.6 Å². The molecule has 0 aromatic heterocycles. The van der Waals surface area contributed by atoms with Gasteiger partial charge < -0.3 is 26.7 Å². The van der Waals surface area contributed by atoms with Crippen LogP contribution in [0.4, 0.5) is 0 Å². The fourth-order valence-electron chi connectivity index (χ4n) is 1.93. The summed E-state index contributed by atoms with van der Waals surface area (Å²) in [6.45, 7) is 18.0. The van der Waals surface area contributed by atoms with E-state index in [9.17, 15) is 9.59 Å². The van der Waals surface area contributed by atoms with Gasteiger partial charge in [0.2, 0.25) is 0 Å². The van der Waals surface area contributed by atoms with Crippen molar-refractivity contribution in [3.05, 3.63) is 12.2 Å². The van der Waals surface area contributed by atoms with Crippen LogP contribution in [0.15, 0.2) is 0 Å². The molecule has 2 aliphatic heterocycles. The average molecular weight is 369 g/mol. The van der Waals surface area contributed by atoms with Crippen LogP contribution in [0.5, 0.6) is 0 Å². The average Bonchev–Trinajstić information content (AvgIpc) is 3.05. The molecule has 2 saturated heterocycles. The van der Waals surface area contributed by atoms with Crippen LogP contribution in [0.2, 0.25) is 0 Å². The van der Waals surface area contributed by atoms with Crippen LogP contribution in [0.3, 0.4) is 0 Å². The monoisotopic (exact) mass is 369 g/mol. The molecule has 21 heavy (non-hydrogen) atoms. The zero-order valence-corrected chi connectivity index (χ0v) is 16.9. The van der Waals surface area contributed by atoms with Gasteiger partial charge in [-0.05, 0) is 23.7 Å². The molecule has 0 aliphatic carbocycles. The molecular weight excluding hydrogens is 341 g/mol. The molecule has 4 nitrogen and oxygen atoms in total. The van der Waals surface area contributed by atoms with Crippen LogP contribution in [0, 0.1) is 23.7 Å². The SMILES string of the molecule is CC(C)(C)C(C)(C)CC1CC(=O)[N-]C1=O.[CH2-]CN1CC1.[Y]. The molecule has 0 spiro atoms. The molecule has 0 aromatic carbocycles. The van der Waals surface area contributed by atoms with E-state index in [1.807, 2.05) is 0 Å². The van der Waals surface area contributed by atoms with Gasteiger partial charge in [0.1, 0.15) is 0 Å². The summed E-state index contributed by atoms with van der Waals surface area (Å²) in [7, 11) is 0. The van der Waals surface area contributed by atoms with Crippen molar-refractivity contribution in [3.8, 4) is 0 Å². The Morgan fingerprint density at radius 2 is 1.71 bits per heavy atom. The van der Waals surface area contributed by atoms with Crippen LogP contribution in [-0.2, 0) is 42.3 Å². The molecule has 119 valence electrons. The Morgan fingerprint density at radius 3 is 1.95 bits per heavy atom. The zero-order valence-electron chi connectivity index (χ0n) is 14.1. The molecule has 2 aliphatic rings. The van der Waals surface area contributed by atoms with Gasteiger partial charge in [0.05, 0.1) is 11.8 Å². The number of amides is 2. The fourth-order valence-corrected chi connectivity index (χ4v) is 1.93. The molecule has 1 unspecified atom stereocenters. The van der Waals surface area contributed by atoms with Crippen LogP contribution >= 0.6 is 0 Å². The van der Waals surface area contributed by atoms with Crippen molar-refractivity contribution < 1.29 is 42.3 Å². The molecule has 0 N–H and O–H groups in total. The van der Waals surface area contributed by atoms with Gasteiger partial charge in [0, 0.05) is 51.7 Å². The summed E-state index contributed by atoms with van der Waals surface area (Å²) in [4.78, 5) is 24.7. The third-order valence-corrected chi connectivity index (χ3v) is 4.65. The Balaban J connectivity index is 0.000000562. The first-order valence-corrected chi connectivity index (χ1v) is 7.37. The summed E-state index contributed by atoms with van der Waals surface area (Å²) in [6, 6.07) is 0. The first-order valence-electron chi connectivity index (χ1n) is 7.37. The van der Waals surface area contributed by atoms with Crippen LogP contribution in [-0.4, -0.2) is 36.3 Å². The molecule has 0 bridgehead atoms. The molecule has 2 heterocycles. The Bertz CT molecular complexity index is 371. The Hall–Kier alpha value is 0.204. The minimum Gasteiger partial charge on any atom is -0.596 e. The number of nitrogens with zero attached hydrogens (tertiary/aromatic N) is 2. The number of rotatable bonds is 3. The Labute approximate surface area is 154 Å². The van der Waals surface area contributed by atoms with E-state index in [2.05, 4.69) is 51.8 Å². The minimum atomic E-state index is -0.255. The van der Waals surface area contributed by atoms with Gasteiger partial charge in [-0.25, -0.2) is 0 Å². The van der Waals surface area contributed by atoms with E-state index in [0.29, 0.717) is 6.42 Å². The quantitative estimate of drug-likeness (QED) is 0.437. The van der Waals surface area contributed by atoms with E-state index in [1.165, 1.54) is 13.1 Å². The van der Waals surface area contributed by atoms with E-state index in [-0.39, 0.29) is 61.3 Å². The van der Waals surface area contributed by atoms with Crippen molar-refractivity contribution in [1.29, 1.82) is 0 Å². The van der Waals surface area contributed by atoms with Gasteiger partial charge in [-0.3, -0.25) is 0 Å². The third kappa shape index (κ3) is 6.88. The van der Waals surface area contributed by atoms with Crippen LogP contribution in [0.1, 0.15) is 47.5 Å². The second kappa shape index (κ2) is 8.17. The van der Waals surface area contributed by atoms with E-state index < -0.39 is 0 Å². The Morgan fingerprint density at radius 1 is 1.19 bits per heavy atom. The van der Waals surface area contributed by atoms with Crippen molar-refractivity contribution in [3.63, 3.8) is 0 Å². The van der Waals surface area contributed by atoms with E-state index >= 15 is 0 Å². The standard InChI is InChI=1S/C12H21NO2.C4H8N.Y/c1-11(2,3)12(4,5)7-8-6-9(14)13-10(8)15;1-2-5-3-4-5;/h8H,6-7H2,1-5H3,(H,13,14,15);1-4H2;/q;-1;/p-1. The maximum absolute atomic E-state index is 11.4. The van der Waals surface area contributed by atoms with Gasteiger partial charge in [-0.2, -0.15) is 0 Å². The number of hydrogen-bond acceptors (Lipinski definition) is 3. The molecule has 2 amide bonds.